The van der Waals surface area contributed by atoms with Gasteiger partial charge >= 0.3 is 0 Å². The molecule has 0 aliphatic carbocycles. The third kappa shape index (κ3) is 12.6. The van der Waals surface area contributed by atoms with Crippen molar-refractivity contribution in [3.63, 3.8) is 0 Å². The van der Waals surface area contributed by atoms with Crippen LogP contribution < -0.4 is 0 Å². The molecule has 3 heterocycles. The summed E-state index contributed by atoms with van der Waals surface area (Å²) in [5, 5.41) is 8.91. The van der Waals surface area contributed by atoms with Crippen molar-refractivity contribution < 1.29 is 9.47 Å². The Hall–Kier alpha value is -2.70. The second-order valence-corrected chi connectivity index (χ2v) is 10.6. The smallest absolute Gasteiger partial charge is 0.0945 e. The Labute approximate surface area is 242 Å². The van der Waals surface area contributed by atoms with Crippen LogP contribution in [0, 0.1) is 0 Å². The van der Waals surface area contributed by atoms with Gasteiger partial charge in [-0.15, -0.1) is 10.2 Å². The molecule has 0 aliphatic heterocycles. The van der Waals surface area contributed by atoms with E-state index in [-0.39, 0.29) is 0 Å². The first-order valence-corrected chi connectivity index (χ1v) is 15.7. The summed E-state index contributed by atoms with van der Waals surface area (Å²) in [4.78, 5) is 9.28. The molecule has 0 spiro atoms. The lowest BCUT2D eigenvalue weighted by atomic mass is 10.1. The Bertz CT molecular complexity index is 939. The van der Waals surface area contributed by atoms with Crippen molar-refractivity contribution in [2.75, 3.05) is 26.4 Å². The third-order valence-corrected chi connectivity index (χ3v) is 7.13. The molecule has 0 N–H and O–H groups in total. The fraction of sp³-hybridized carbons (Fsp3) is 0.588. The minimum atomic E-state index is 0.830. The highest BCUT2D eigenvalue weighted by atomic mass is 16.5. The van der Waals surface area contributed by atoms with Crippen molar-refractivity contribution in [2.24, 2.45) is 0 Å². The van der Waals surface area contributed by atoms with E-state index in [2.05, 4.69) is 58.3 Å². The number of hydrogen-bond acceptors (Lipinski definition) is 6. The first-order valence-electron chi connectivity index (χ1n) is 15.7. The van der Waals surface area contributed by atoms with Crippen LogP contribution in [-0.4, -0.2) is 46.6 Å². The van der Waals surface area contributed by atoms with E-state index in [1.807, 2.05) is 24.5 Å². The van der Waals surface area contributed by atoms with E-state index in [0.29, 0.717) is 0 Å². The van der Waals surface area contributed by atoms with Gasteiger partial charge in [0.25, 0.3) is 0 Å². The van der Waals surface area contributed by atoms with Crippen LogP contribution in [0.5, 0.6) is 0 Å². The van der Waals surface area contributed by atoms with Gasteiger partial charge in [-0.3, -0.25) is 9.97 Å². The molecule has 0 radical (unpaired) electrons. The molecule has 0 bridgehead atoms. The molecule has 0 aliphatic rings. The van der Waals surface area contributed by atoms with E-state index < -0.39 is 0 Å². The number of aromatic nitrogens is 4. The molecule has 0 aromatic carbocycles. The number of hydrogen-bond donors (Lipinski definition) is 0. The zero-order valence-electron chi connectivity index (χ0n) is 25.0. The molecule has 3 aromatic rings. The average Bonchev–Trinajstić information content (AvgIpc) is 3.00. The summed E-state index contributed by atoms with van der Waals surface area (Å²) in [6, 6.07) is 12.4. The Morgan fingerprint density at radius 2 is 0.900 bits per heavy atom. The van der Waals surface area contributed by atoms with Gasteiger partial charge in [-0.2, -0.15) is 0 Å². The van der Waals surface area contributed by atoms with Gasteiger partial charge in [0.2, 0.25) is 0 Å². The number of rotatable bonds is 22. The van der Waals surface area contributed by atoms with Gasteiger partial charge in [0, 0.05) is 61.3 Å². The number of unbranched alkanes of at least 4 members (excludes halogenated alkanes) is 8. The molecule has 218 valence electrons. The van der Waals surface area contributed by atoms with Crippen LogP contribution in [0.25, 0.3) is 22.5 Å². The standard InChI is InChI=1S/C34H50N4O2/c1-3-5-7-11-23-39-25-13-9-15-31-19-17-29(27-35-31)33-21-22-34(38-37-33)30-18-20-32(36-28-30)16-10-14-26-40-24-12-8-6-4-2/h17-22,27-28H,3-16,23-26H2,1-2H3. The summed E-state index contributed by atoms with van der Waals surface area (Å²) in [6.45, 7) is 7.95. The second-order valence-electron chi connectivity index (χ2n) is 10.6. The second kappa shape index (κ2) is 20.2. The minimum Gasteiger partial charge on any atom is -0.381 e. The molecule has 0 saturated carbocycles. The number of ether oxygens (including phenoxy) is 2. The zero-order chi connectivity index (χ0) is 28.1. The molecule has 0 amide bonds. The fourth-order valence-electron chi connectivity index (χ4n) is 4.57. The van der Waals surface area contributed by atoms with Gasteiger partial charge in [0.1, 0.15) is 0 Å². The topological polar surface area (TPSA) is 70.0 Å². The van der Waals surface area contributed by atoms with Crippen molar-refractivity contribution >= 4 is 0 Å². The molecular formula is C34H50N4O2. The summed E-state index contributed by atoms with van der Waals surface area (Å²) < 4.78 is 11.5. The molecule has 6 nitrogen and oxygen atoms in total. The lowest BCUT2D eigenvalue weighted by Gasteiger charge is -2.06. The Morgan fingerprint density at radius 1 is 0.475 bits per heavy atom. The maximum Gasteiger partial charge on any atom is 0.0945 e. The summed E-state index contributed by atoms with van der Waals surface area (Å²) in [5.41, 5.74) is 5.84. The summed E-state index contributed by atoms with van der Waals surface area (Å²) in [6.07, 6.45) is 20.2. The van der Waals surface area contributed by atoms with Gasteiger partial charge in [-0.25, -0.2) is 0 Å². The predicted octanol–water partition coefficient (Wildman–Crippen LogP) is 8.44. The van der Waals surface area contributed by atoms with Crippen LogP contribution in [0.2, 0.25) is 0 Å². The van der Waals surface area contributed by atoms with Gasteiger partial charge in [-0.1, -0.05) is 52.4 Å². The molecule has 40 heavy (non-hydrogen) atoms. The molecule has 0 unspecified atom stereocenters. The third-order valence-electron chi connectivity index (χ3n) is 7.13. The molecule has 3 rings (SSSR count). The monoisotopic (exact) mass is 546 g/mol. The first kappa shape index (κ1) is 31.8. The maximum atomic E-state index is 5.74. The average molecular weight is 547 g/mol. The molecular weight excluding hydrogens is 496 g/mol. The Balaban J connectivity index is 1.34. The molecule has 3 aromatic heterocycles. The predicted molar refractivity (Wildman–Crippen MR) is 164 cm³/mol. The van der Waals surface area contributed by atoms with Crippen molar-refractivity contribution in [1.29, 1.82) is 0 Å². The molecule has 0 atom stereocenters. The summed E-state index contributed by atoms with van der Waals surface area (Å²) in [7, 11) is 0. The van der Waals surface area contributed by atoms with E-state index in [4.69, 9.17) is 9.47 Å². The van der Waals surface area contributed by atoms with Crippen LogP contribution in [0.4, 0.5) is 0 Å². The maximum absolute atomic E-state index is 5.74. The Kier molecular flexibility index (Phi) is 16.1. The quantitative estimate of drug-likeness (QED) is 0.118. The van der Waals surface area contributed by atoms with Crippen LogP contribution >= 0.6 is 0 Å². The van der Waals surface area contributed by atoms with Crippen LogP contribution in [0.3, 0.4) is 0 Å². The van der Waals surface area contributed by atoms with E-state index in [9.17, 15) is 0 Å². The number of nitrogens with zero attached hydrogens (tertiary/aromatic N) is 4. The highest BCUT2D eigenvalue weighted by molar-refractivity contribution is 5.62. The van der Waals surface area contributed by atoms with E-state index in [1.54, 1.807) is 0 Å². The largest absolute Gasteiger partial charge is 0.381 e. The number of aryl methyl sites for hydroxylation is 2. The van der Waals surface area contributed by atoms with Crippen molar-refractivity contribution in [3.05, 3.63) is 60.2 Å². The molecule has 0 fully saturated rings. The highest BCUT2D eigenvalue weighted by Gasteiger charge is 2.06. The van der Waals surface area contributed by atoms with Gasteiger partial charge in [-0.05, 0) is 87.8 Å². The van der Waals surface area contributed by atoms with Gasteiger partial charge in [0.05, 0.1) is 11.4 Å². The normalized spacial score (nSPS) is 11.2. The lowest BCUT2D eigenvalue weighted by Crippen LogP contribution is -1.99. The van der Waals surface area contributed by atoms with Crippen LogP contribution in [0.15, 0.2) is 48.8 Å². The van der Waals surface area contributed by atoms with Crippen molar-refractivity contribution in [3.8, 4) is 22.5 Å². The highest BCUT2D eigenvalue weighted by Crippen LogP contribution is 2.20. The summed E-state index contributed by atoms with van der Waals surface area (Å²) >= 11 is 0. The van der Waals surface area contributed by atoms with Gasteiger partial charge < -0.3 is 9.47 Å². The van der Waals surface area contributed by atoms with E-state index >= 15 is 0 Å². The molecule has 0 saturated heterocycles. The lowest BCUT2D eigenvalue weighted by molar-refractivity contribution is 0.126. The van der Waals surface area contributed by atoms with Crippen LogP contribution in [0.1, 0.15) is 102 Å². The molecule has 6 heteroatoms. The Morgan fingerprint density at radius 3 is 1.25 bits per heavy atom. The minimum absolute atomic E-state index is 0.830. The van der Waals surface area contributed by atoms with E-state index in [1.165, 1.54) is 51.4 Å². The van der Waals surface area contributed by atoms with Crippen LogP contribution in [-0.2, 0) is 22.3 Å². The first-order chi connectivity index (χ1) is 19.8. The summed E-state index contributed by atoms with van der Waals surface area (Å²) in [5.74, 6) is 0. The van der Waals surface area contributed by atoms with Gasteiger partial charge in [0.15, 0.2) is 0 Å². The number of pyridine rings is 2. The van der Waals surface area contributed by atoms with Crippen molar-refractivity contribution in [1.82, 2.24) is 20.2 Å². The fourth-order valence-corrected chi connectivity index (χ4v) is 4.57. The van der Waals surface area contributed by atoms with E-state index in [0.717, 1.165) is 98.9 Å². The SMILES string of the molecule is CCCCCCOCCCCc1ccc(-c2ccc(-c3ccc(CCCCOCCCCCC)nc3)nn2)cn1. The zero-order valence-corrected chi connectivity index (χ0v) is 25.0. The van der Waals surface area contributed by atoms with Crippen molar-refractivity contribution in [2.45, 2.75) is 104 Å².